The van der Waals surface area contributed by atoms with Crippen molar-refractivity contribution in [2.45, 2.75) is 26.2 Å². The van der Waals surface area contributed by atoms with Gasteiger partial charge in [0.05, 0.1) is 0 Å². The molecule has 0 aliphatic heterocycles. The van der Waals surface area contributed by atoms with Crippen molar-refractivity contribution in [3.05, 3.63) is 103 Å². The lowest BCUT2D eigenvalue weighted by Crippen LogP contribution is -2.21. The Balaban J connectivity index is 1.92. The number of hydrogen-bond donors (Lipinski definition) is 2. The van der Waals surface area contributed by atoms with Crippen LogP contribution < -0.4 is 18.9 Å². The van der Waals surface area contributed by atoms with Crippen molar-refractivity contribution in [3.63, 3.8) is 0 Å². The molecule has 0 aliphatic carbocycles. The van der Waals surface area contributed by atoms with Crippen LogP contribution in [-0.2, 0) is 6.42 Å². The van der Waals surface area contributed by atoms with E-state index in [1.807, 2.05) is 78.9 Å². The molecule has 0 fully saturated rings. The lowest BCUT2D eigenvalue weighted by Gasteiger charge is -2.22. The van der Waals surface area contributed by atoms with E-state index in [1.165, 1.54) is 0 Å². The molecule has 2 N–H and O–H groups in total. The Morgan fingerprint density at radius 3 is 1.54 bits per heavy atom. The second-order valence-corrected chi connectivity index (χ2v) is 7.81. The predicted molar refractivity (Wildman–Crippen MR) is 135 cm³/mol. The maximum absolute atomic E-state index is 9.65. The van der Waals surface area contributed by atoms with Crippen LogP contribution in [0, 0.1) is 0 Å². The fraction of sp³-hybridized carbons (Fsp3) is 0.143. The highest BCUT2D eigenvalue weighted by atomic mass is 16.6. The van der Waals surface area contributed by atoms with Crippen LogP contribution in [0.5, 0.6) is 40.2 Å². The van der Waals surface area contributed by atoms with Crippen molar-refractivity contribution < 1.29 is 28.9 Å². The highest BCUT2D eigenvalue weighted by Crippen LogP contribution is 2.52. The molecule has 4 rings (SSSR count). The lowest BCUT2D eigenvalue weighted by atomic mass is 10.0. The molecule has 6 nitrogen and oxygen atoms in total. The van der Waals surface area contributed by atoms with Gasteiger partial charge in [-0.15, -0.1) is 0 Å². The molecule has 0 bridgehead atoms. The van der Waals surface area contributed by atoms with Gasteiger partial charge in [0.2, 0.25) is 11.5 Å². The van der Waals surface area contributed by atoms with Crippen LogP contribution in [-0.4, -0.2) is 17.4 Å². The molecule has 0 aromatic heterocycles. The molecule has 0 aliphatic rings. The number of rotatable bonds is 11. The molecule has 178 valence electrons. The molecule has 0 heterocycles. The molecule has 0 radical (unpaired) electrons. The monoisotopic (exact) mass is 470 g/mol. The van der Waals surface area contributed by atoms with Crippen LogP contribution >= 0.6 is 0 Å². The molecule has 0 unspecified atom stereocenters. The van der Waals surface area contributed by atoms with Crippen LogP contribution in [0.4, 0.5) is 0 Å². The van der Waals surface area contributed by atoms with Crippen molar-refractivity contribution in [2.75, 3.05) is 0 Å². The Labute approximate surface area is 205 Å². The van der Waals surface area contributed by atoms with Crippen LogP contribution in [0.25, 0.3) is 0 Å². The van der Waals surface area contributed by atoms with Gasteiger partial charge in [0.15, 0.2) is 11.5 Å². The summed E-state index contributed by atoms with van der Waals surface area (Å²) in [5, 5.41) is 19.3. The Morgan fingerprint density at radius 2 is 1.09 bits per heavy atom. The summed E-state index contributed by atoms with van der Waals surface area (Å²) in [7, 11) is -2.04. The Kier molecular flexibility index (Phi) is 8.27. The summed E-state index contributed by atoms with van der Waals surface area (Å²) in [4.78, 5) is 0. The van der Waals surface area contributed by atoms with Crippen molar-refractivity contribution in [1.82, 2.24) is 0 Å². The normalized spacial score (nSPS) is 10.5. The SMILES string of the molecule is CCCCc1cc(OB(O)O)c(Oc2ccccc2)c(Oc2ccccc2)c1Oc1ccccc1. The largest absolute Gasteiger partial charge is 0.707 e. The number of ether oxygens (including phenoxy) is 3. The van der Waals surface area contributed by atoms with Gasteiger partial charge in [-0.05, 0) is 55.3 Å². The van der Waals surface area contributed by atoms with E-state index in [9.17, 15) is 10.0 Å². The molecule has 0 amide bonds. The van der Waals surface area contributed by atoms with Gasteiger partial charge in [-0.2, -0.15) is 0 Å². The Hall–Kier alpha value is -3.94. The van der Waals surface area contributed by atoms with Crippen LogP contribution in [0.2, 0.25) is 0 Å². The zero-order valence-corrected chi connectivity index (χ0v) is 19.5. The summed E-state index contributed by atoms with van der Waals surface area (Å²) in [6.45, 7) is 2.10. The molecule has 4 aromatic rings. The molecule has 0 saturated heterocycles. The first kappa shape index (κ1) is 24.2. The van der Waals surface area contributed by atoms with Crippen molar-refractivity contribution in [1.29, 1.82) is 0 Å². The number of unbranched alkanes of at least 4 members (excludes halogenated alkanes) is 1. The van der Waals surface area contributed by atoms with Crippen LogP contribution in [0.15, 0.2) is 97.1 Å². The Morgan fingerprint density at radius 1 is 0.629 bits per heavy atom. The number of aryl methyl sites for hydroxylation is 1. The van der Waals surface area contributed by atoms with Gasteiger partial charge in [-0.25, -0.2) is 0 Å². The summed E-state index contributed by atoms with van der Waals surface area (Å²) in [5.41, 5.74) is 0.790. The standard InChI is InChI=1S/C28H27BO6/c1-2-3-13-21-20-25(35-29(30)31)27(33-23-16-9-5-10-17-23)28(34-24-18-11-6-12-19-24)26(21)32-22-14-7-4-8-15-22/h4-12,14-20,30-31H,2-3,13H2,1H3. The topological polar surface area (TPSA) is 77.4 Å². The second kappa shape index (κ2) is 12.0. The molecule has 7 heteroatoms. The zero-order chi connectivity index (χ0) is 24.5. The van der Waals surface area contributed by atoms with E-state index < -0.39 is 7.32 Å². The van der Waals surface area contributed by atoms with Gasteiger partial charge in [0.25, 0.3) is 0 Å². The van der Waals surface area contributed by atoms with Crippen LogP contribution in [0.3, 0.4) is 0 Å². The maximum Gasteiger partial charge on any atom is 0.707 e. The van der Waals surface area contributed by atoms with E-state index in [1.54, 1.807) is 18.2 Å². The highest BCUT2D eigenvalue weighted by Gasteiger charge is 2.27. The summed E-state index contributed by atoms with van der Waals surface area (Å²) < 4.78 is 24.3. The van der Waals surface area contributed by atoms with Gasteiger partial charge in [0, 0.05) is 5.56 Å². The van der Waals surface area contributed by atoms with Gasteiger partial charge in [-0.1, -0.05) is 67.9 Å². The molecular weight excluding hydrogens is 443 g/mol. The van der Waals surface area contributed by atoms with Crippen molar-refractivity contribution in [3.8, 4) is 40.2 Å². The first-order valence-corrected chi connectivity index (χ1v) is 11.6. The third kappa shape index (κ3) is 6.56. The Bertz CT molecular complexity index is 1200. The number of benzene rings is 4. The zero-order valence-electron chi connectivity index (χ0n) is 19.5. The molecule has 0 saturated carbocycles. The van der Waals surface area contributed by atoms with E-state index in [4.69, 9.17) is 18.9 Å². The molecular formula is C28H27BO6. The van der Waals surface area contributed by atoms with E-state index in [0.29, 0.717) is 29.4 Å². The third-order valence-electron chi connectivity index (χ3n) is 5.15. The van der Waals surface area contributed by atoms with Gasteiger partial charge < -0.3 is 28.9 Å². The van der Waals surface area contributed by atoms with Gasteiger partial charge in [-0.3, -0.25) is 0 Å². The van der Waals surface area contributed by atoms with Gasteiger partial charge in [0.1, 0.15) is 17.2 Å². The third-order valence-corrected chi connectivity index (χ3v) is 5.15. The van der Waals surface area contributed by atoms with E-state index in [0.717, 1.165) is 18.4 Å². The maximum atomic E-state index is 9.65. The highest BCUT2D eigenvalue weighted by molar-refractivity contribution is 6.33. The first-order valence-electron chi connectivity index (χ1n) is 11.6. The number of para-hydroxylation sites is 3. The molecule has 0 atom stereocenters. The average Bonchev–Trinajstić information content (AvgIpc) is 2.88. The predicted octanol–water partition coefficient (Wildman–Crippen LogP) is 6.75. The molecule has 35 heavy (non-hydrogen) atoms. The molecule has 0 spiro atoms. The van der Waals surface area contributed by atoms with Crippen molar-refractivity contribution >= 4 is 7.32 Å². The minimum absolute atomic E-state index is 0.126. The minimum Gasteiger partial charge on any atom is -0.509 e. The second-order valence-electron chi connectivity index (χ2n) is 7.81. The number of hydrogen-bond acceptors (Lipinski definition) is 6. The summed E-state index contributed by atoms with van der Waals surface area (Å²) in [6.07, 6.45) is 2.50. The fourth-order valence-corrected chi connectivity index (χ4v) is 3.52. The lowest BCUT2D eigenvalue weighted by molar-refractivity contribution is 0.279. The quantitative estimate of drug-likeness (QED) is 0.236. The minimum atomic E-state index is -2.04. The van der Waals surface area contributed by atoms with Gasteiger partial charge >= 0.3 is 7.32 Å². The van der Waals surface area contributed by atoms with E-state index >= 15 is 0 Å². The summed E-state index contributed by atoms with van der Waals surface area (Å²) in [5.74, 6) is 2.75. The summed E-state index contributed by atoms with van der Waals surface area (Å²) in [6, 6.07) is 29.5. The summed E-state index contributed by atoms with van der Waals surface area (Å²) >= 11 is 0. The average molecular weight is 470 g/mol. The van der Waals surface area contributed by atoms with E-state index in [-0.39, 0.29) is 17.2 Å². The fourth-order valence-electron chi connectivity index (χ4n) is 3.52. The van der Waals surface area contributed by atoms with Crippen LogP contribution in [0.1, 0.15) is 25.3 Å². The van der Waals surface area contributed by atoms with Crippen molar-refractivity contribution in [2.24, 2.45) is 0 Å². The molecule has 4 aromatic carbocycles. The smallest absolute Gasteiger partial charge is 0.509 e. The van der Waals surface area contributed by atoms with E-state index in [2.05, 4.69) is 6.92 Å². The first-order chi connectivity index (χ1) is 17.1.